The number of esters is 1. The largest absolute Gasteiger partial charge is 0.494 e. The zero-order valence-corrected chi connectivity index (χ0v) is 20.4. The number of carbonyl (C=O) groups is 2. The summed E-state index contributed by atoms with van der Waals surface area (Å²) in [5, 5.41) is 0. The van der Waals surface area contributed by atoms with E-state index in [9.17, 15) is 22.8 Å². The Kier molecular flexibility index (Phi) is 7.97. The second-order valence-electron chi connectivity index (χ2n) is 9.46. The van der Waals surface area contributed by atoms with Gasteiger partial charge in [-0.2, -0.15) is 13.2 Å². The topological polar surface area (TPSA) is 59.1 Å². The smallest absolute Gasteiger partial charge is 0.416 e. The molecule has 190 valence electrons. The molecule has 0 spiro atoms. The number of rotatable bonds is 9. The molecule has 1 unspecified atom stereocenters. The van der Waals surface area contributed by atoms with E-state index >= 15 is 0 Å². The molecule has 1 aliphatic rings. The Labute approximate surface area is 203 Å². The number of alkyl halides is 3. The van der Waals surface area contributed by atoms with E-state index in [-0.39, 0.29) is 24.6 Å². The van der Waals surface area contributed by atoms with Gasteiger partial charge in [-0.15, -0.1) is 0 Å². The number of nitrogens with zero attached hydrogens (tertiary/aromatic N) is 2. The zero-order chi connectivity index (χ0) is 25.8. The van der Waals surface area contributed by atoms with Gasteiger partial charge in [0.1, 0.15) is 5.75 Å². The summed E-state index contributed by atoms with van der Waals surface area (Å²) in [5.74, 6) is 0.429. The quantitative estimate of drug-likeness (QED) is 0.454. The van der Waals surface area contributed by atoms with Gasteiger partial charge in [0.15, 0.2) is 0 Å². The molecule has 2 amide bonds. The lowest BCUT2D eigenvalue weighted by Crippen LogP contribution is -2.31. The molecule has 1 atom stereocenters. The van der Waals surface area contributed by atoms with Gasteiger partial charge in [0.05, 0.1) is 30.7 Å². The molecule has 35 heavy (non-hydrogen) atoms. The summed E-state index contributed by atoms with van der Waals surface area (Å²) in [6, 6.07) is 12.2. The second kappa shape index (κ2) is 10.6. The van der Waals surface area contributed by atoms with Gasteiger partial charge in [0.2, 0.25) is 0 Å². The normalized spacial score (nSPS) is 16.5. The van der Waals surface area contributed by atoms with E-state index in [2.05, 4.69) is 0 Å². The van der Waals surface area contributed by atoms with Crippen LogP contribution in [0, 0.1) is 5.41 Å². The van der Waals surface area contributed by atoms with Crippen LogP contribution in [0.15, 0.2) is 48.5 Å². The van der Waals surface area contributed by atoms with Crippen molar-refractivity contribution in [1.29, 1.82) is 0 Å². The Morgan fingerprint density at radius 1 is 1.03 bits per heavy atom. The Balaban J connectivity index is 1.49. The predicted molar refractivity (Wildman–Crippen MR) is 125 cm³/mol. The van der Waals surface area contributed by atoms with Crippen molar-refractivity contribution >= 4 is 12.0 Å². The molecular formula is C26H31F3N2O4. The van der Waals surface area contributed by atoms with E-state index in [1.807, 2.05) is 38.1 Å². The van der Waals surface area contributed by atoms with Crippen LogP contribution in [0.3, 0.4) is 0 Å². The molecule has 3 rings (SSSR count). The average Bonchev–Trinajstić information content (AvgIpc) is 3.07. The Morgan fingerprint density at radius 2 is 1.63 bits per heavy atom. The summed E-state index contributed by atoms with van der Waals surface area (Å²) < 4.78 is 49.0. The molecule has 0 bridgehead atoms. The summed E-state index contributed by atoms with van der Waals surface area (Å²) in [4.78, 5) is 27.8. The molecule has 0 saturated carbocycles. The summed E-state index contributed by atoms with van der Waals surface area (Å²) in [7, 11) is 3.10. The summed E-state index contributed by atoms with van der Waals surface area (Å²) in [6.07, 6.45) is -3.22. The van der Waals surface area contributed by atoms with Crippen LogP contribution in [0.25, 0.3) is 0 Å². The first-order chi connectivity index (χ1) is 16.4. The molecule has 0 aromatic heterocycles. The highest BCUT2D eigenvalue weighted by molar-refractivity contribution is 5.77. The minimum atomic E-state index is -4.38. The van der Waals surface area contributed by atoms with Crippen molar-refractivity contribution in [2.24, 2.45) is 5.41 Å². The minimum Gasteiger partial charge on any atom is -0.494 e. The van der Waals surface area contributed by atoms with Crippen molar-refractivity contribution in [3.05, 3.63) is 65.2 Å². The standard InChI is InChI=1S/C26H31F3N2O4/c1-25(2,23(32)34-4)15-18-7-11-22(12-8-18)35-14-13-21-17-31(24(33)30(21)3)16-19-5-9-20(10-6-19)26(27,28)29/h5-12,21H,13-17H2,1-4H3. The van der Waals surface area contributed by atoms with Crippen molar-refractivity contribution in [3.63, 3.8) is 0 Å². The monoisotopic (exact) mass is 492 g/mol. The highest BCUT2D eigenvalue weighted by Crippen LogP contribution is 2.30. The molecule has 1 saturated heterocycles. The van der Waals surface area contributed by atoms with Gasteiger partial charge in [-0.25, -0.2) is 4.79 Å². The maximum absolute atomic E-state index is 12.8. The van der Waals surface area contributed by atoms with Crippen LogP contribution in [0.2, 0.25) is 0 Å². The van der Waals surface area contributed by atoms with Crippen LogP contribution in [-0.4, -0.2) is 55.2 Å². The number of hydrogen-bond acceptors (Lipinski definition) is 4. The molecule has 0 radical (unpaired) electrons. The lowest BCUT2D eigenvalue weighted by molar-refractivity contribution is -0.150. The number of hydrogen-bond donors (Lipinski definition) is 0. The van der Waals surface area contributed by atoms with Crippen LogP contribution >= 0.6 is 0 Å². The Hall–Kier alpha value is -3.23. The van der Waals surface area contributed by atoms with Crippen LogP contribution in [-0.2, 0) is 28.7 Å². The first kappa shape index (κ1) is 26.4. The highest BCUT2D eigenvalue weighted by atomic mass is 19.4. The molecule has 2 aromatic carbocycles. The number of ether oxygens (including phenoxy) is 2. The van der Waals surface area contributed by atoms with E-state index in [0.29, 0.717) is 37.3 Å². The lowest BCUT2D eigenvalue weighted by atomic mass is 9.86. The number of benzene rings is 2. The van der Waals surface area contributed by atoms with E-state index < -0.39 is 17.2 Å². The van der Waals surface area contributed by atoms with Gasteiger partial charge in [-0.05, 0) is 55.7 Å². The van der Waals surface area contributed by atoms with Crippen LogP contribution in [0.4, 0.5) is 18.0 Å². The SMILES string of the molecule is COC(=O)C(C)(C)Cc1ccc(OCCC2CN(Cc3ccc(C(F)(F)F)cc3)C(=O)N2C)cc1. The van der Waals surface area contributed by atoms with Crippen molar-refractivity contribution in [2.75, 3.05) is 27.3 Å². The van der Waals surface area contributed by atoms with Crippen molar-refractivity contribution in [2.45, 2.75) is 45.5 Å². The van der Waals surface area contributed by atoms with Gasteiger partial charge in [0.25, 0.3) is 0 Å². The van der Waals surface area contributed by atoms with Crippen molar-refractivity contribution < 1.29 is 32.2 Å². The first-order valence-electron chi connectivity index (χ1n) is 11.4. The first-order valence-corrected chi connectivity index (χ1v) is 11.4. The van der Waals surface area contributed by atoms with Crippen LogP contribution in [0.5, 0.6) is 5.75 Å². The maximum atomic E-state index is 12.8. The highest BCUT2D eigenvalue weighted by Gasteiger charge is 2.35. The fourth-order valence-corrected chi connectivity index (χ4v) is 4.15. The number of halogens is 3. The number of likely N-dealkylation sites (N-methyl/N-ethyl adjacent to an activating group) is 1. The van der Waals surface area contributed by atoms with Gasteiger partial charge in [-0.1, -0.05) is 24.3 Å². The minimum absolute atomic E-state index is 0.0583. The fourth-order valence-electron chi connectivity index (χ4n) is 4.15. The van der Waals surface area contributed by atoms with Gasteiger partial charge >= 0.3 is 18.2 Å². The molecule has 1 fully saturated rings. The fraction of sp³-hybridized carbons (Fsp3) is 0.462. The zero-order valence-electron chi connectivity index (χ0n) is 20.4. The molecule has 0 N–H and O–H groups in total. The van der Waals surface area contributed by atoms with E-state index in [1.165, 1.54) is 19.2 Å². The van der Waals surface area contributed by atoms with E-state index in [1.54, 1.807) is 16.8 Å². The van der Waals surface area contributed by atoms with Crippen LogP contribution < -0.4 is 4.74 Å². The number of amides is 2. The predicted octanol–water partition coefficient (Wildman–Crippen LogP) is 5.15. The van der Waals surface area contributed by atoms with Crippen LogP contribution in [0.1, 0.15) is 37.0 Å². The van der Waals surface area contributed by atoms with Crippen molar-refractivity contribution in [3.8, 4) is 5.75 Å². The van der Waals surface area contributed by atoms with Gasteiger partial charge < -0.3 is 19.3 Å². The maximum Gasteiger partial charge on any atom is 0.416 e. The molecule has 1 heterocycles. The number of carbonyl (C=O) groups excluding carboxylic acids is 2. The van der Waals surface area contributed by atoms with E-state index in [0.717, 1.165) is 17.7 Å². The summed E-state index contributed by atoms with van der Waals surface area (Å²) >= 11 is 0. The third-order valence-electron chi connectivity index (χ3n) is 6.23. The molecular weight excluding hydrogens is 461 g/mol. The molecule has 1 aliphatic heterocycles. The average molecular weight is 493 g/mol. The number of urea groups is 1. The molecule has 6 nitrogen and oxygen atoms in total. The van der Waals surface area contributed by atoms with Gasteiger partial charge in [0, 0.05) is 26.6 Å². The third-order valence-corrected chi connectivity index (χ3v) is 6.23. The third kappa shape index (κ3) is 6.68. The second-order valence-corrected chi connectivity index (χ2v) is 9.46. The van der Waals surface area contributed by atoms with E-state index in [4.69, 9.17) is 9.47 Å². The summed E-state index contributed by atoms with van der Waals surface area (Å²) in [6.45, 7) is 4.81. The molecule has 0 aliphatic carbocycles. The van der Waals surface area contributed by atoms with Crippen molar-refractivity contribution in [1.82, 2.24) is 9.80 Å². The molecule has 9 heteroatoms. The lowest BCUT2D eigenvalue weighted by Gasteiger charge is -2.21. The Bertz CT molecular complexity index is 1020. The molecule has 2 aromatic rings. The summed E-state index contributed by atoms with van der Waals surface area (Å²) in [5.41, 5.74) is 0.310. The van der Waals surface area contributed by atoms with Gasteiger partial charge in [-0.3, -0.25) is 4.79 Å². The Morgan fingerprint density at radius 3 is 2.20 bits per heavy atom. The number of methoxy groups -OCH3 is 1.